The van der Waals surface area contributed by atoms with Crippen molar-refractivity contribution in [2.75, 3.05) is 0 Å². The van der Waals surface area contributed by atoms with Crippen molar-refractivity contribution in [2.24, 2.45) is 0 Å². The summed E-state index contributed by atoms with van der Waals surface area (Å²) in [4.78, 5) is 1.33. The quantitative estimate of drug-likeness (QED) is 0.436. The molecule has 152 valence electrons. The zero-order valence-electron chi connectivity index (χ0n) is 15.1. The fourth-order valence-electron chi connectivity index (χ4n) is 4.12. The summed E-state index contributed by atoms with van der Waals surface area (Å²) in [7, 11) is 0. The first-order valence-electron chi connectivity index (χ1n) is 8.68. The highest BCUT2D eigenvalue weighted by molar-refractivity contribution is 8.10. The van der Waals surface area contributed by atoms with Crippen LogP contribution in [0, 0.1) is 0 Å². The second-order valence-electron chi connectivity index (χ2n) is 7.36. The number of nitrogens with zero attached hydrogens (tertiary/aromatic N) is 1. The van der Waals surface area contributed by atoms with E-state index in [-0.39, 0.29) is 10.6 Å². The molecular formula is C20H13F6NS2. The van der Waals surface area contributed by atoms with E-state index < -0.39 is 33.8 Å². The molecule has 1 aromatic rings. The molecule has 1 fully saturated rings. The molecule has 1 aliphatic carbocycles. The smallest absolute Gasteiger partial charge is 0.322 e. The molecule has 0 N–H and O–H groups in total. The number of rotatable bonds is 1. The fourth-order valence-corrected chi connectivity index (χ4v) is 6.68. The zero-order valence-corrected chi connectivity index (χ0v) is 16.7. The van der Waals surface area contributed by atoms with Gasteiger partial charge in [0.15, 0.2) is 0 Å². The number of alkyl halides is 6. The van der Waals surface area contributed by atoms with Crippen LogP contribution in [-0.2, 0) is 0 Å². The lowest BCUT2D eigenvalue weighted by Gasteiger charge is -2.42. The molecule has 0 amide bonds. The molecule has 1 aromatic carbocycles. The highest BCUT2D eigenvalue weighted by Crippen LogP contribution is 2.71. The molecular weight excluding hydrogens is 432 g/mol. The van der Waals surface area contributed by atoms with Gasteiger partial charge in [-0.15, -0.1) is 0 Å². The van der Waals surface area contributed by atoms with Crippen LogP contribution in [0.3, 0.4) is 0 Å². The molecule has 1 unspecified atom stereocenters. The van der Waals surface area contributed by atoms with Crippen LogP contribution in [0.2, 0.25) is 0 Å². The van der Waals surface area contributed by atoms with Gasteiger partial charge in [-0.2, -0.15) is 26.3 Å². The Bertz CT molecular complexity index is 1070. The van der Waals surface area contributed by atoms with Crippen molar-refractivity contribution < 1.29 is 26.3 Å². The van der Waals surface area contributed by atoms with Crippen LogP contribution >= 0.6 is 23.5 Å². The Morgan fingerprint density at radius 2 is 1.52 bits per heavy atom. The molecule has 0 spiro atoms. The second-order valence-corrected chi connectivity index (χ2v) is 10.0. The first-order valence-corrected chi connectivity index (χ1v) is 10.3. The molecule has 3 heterocycles. The summed E-state index contributed by atoms with van der Waals surface area (Å²) < 4.78 is 87.7. The third-order valence-corrected chi connectivity index (χ3v) is 7.95. The molecule has 3 aliphatic heterocycles. The highest BCUT2D eigenvalue weighted by atomic mass is 32.2. The van der Waals surface area contributed by atoms with E-state index in [1.807, 2.05) is 0 Å². The van der Waals surface area contributed by atoms with Gasteiger partial charge in [-0.25, -0.2) is 0 Å². The lowest BCUT2D eigenvalue weighted by Crippen LogP contribution is -2.47. The van der Waals surface area contributed by atoms with Gasteiger partial charge in [-0.3, -0.25) is 0 Å². The number of halogens is 6. The molecule has 0 radical (unpaired) electrons. The van der Waals surface area contributed by atoms with E-state index in [0.29, 0.717) is 15.4 Å². The van der Waals surface area contributed by atoms with Gasteiger partial charge < -0.3 is 4.90 Å². The molecule has 4 aliphatic rings. The van der Waals surface area contributed by atoms with E-state index in [0.717, 1.165) is 11.8 Å². The van der Waals surface area contributed by atoms with Gasteiger partial charge in [0, 0.05) is 21.6 Å². The van der Waals surface area contributed by atoms with Gasteiger partial charge in [-0.05, 0) is 31.1 Å². The molecule has 0 saturated heterocycles. The van der Waals surface area contributed by atoms with Crippen molar-refractivity contribution in [3.63, 3.8) is 0 Å². The summed E-state index contributed by atoms with van der Waals surface area (Å²) in [6.45, 7) is 3.23. The summed E-state index contributed by atoms with van der Waals surface area (Å²) in [6, 6.07) is 8.82. The van der Waals surface area contributed by atoms with Crippen LogP contribution < -0.4 is 0 Å². The van der Waals surface area contributed by atoms with Gasteiger partial charge in [0.1, 0.15) is 4.87 Å². The number of hydrogen-bond donors (Lipinski definition) is 0. The van der Waals surface area contributed by atoms with Gasteiger partial charge >= 0.3 is 17.8 Å². The van der Waals surface area contributed by atoms with Crippen LogP contribution in [0.15, 0.2) is 69.3 Å². The third-order valence-electron chi connectivity index (χ3n) is 5.54. The highest BCUT2D eigenvalue weighted by Gasteiger charge is 2.83. The van der Waals surface area contributed by atoms with Gasteiger partial charge in [0.2, 0.25) is 0 Å². The maximum Gasteiger partial charge on any atom is 0.380 e. The lowest BCUT2D eigenvalue weighted by molar-refractivity contribution is -0.258. The van der Waals surface area contributed by atoms with Gasteiger partial charge in [0.25, 0.3) is 0 Å². The molecule has 0 bridgehead atoms. The van der Waals surface area contributed by atoms with Crippen LogP contribution in [0.25, 0.3) is 4.91 Å². The molecule has 5 rings (SSSR count). The zero-order chi connectivity index (χ0) is 21.0. The van der Waals surface area contributed by atoms with Crippen molar-refractivity contribution in [1.29, 1.82) is 0 Å². The number of benzene rings is 1. The Hall–Kier alpha value is -1.74. The van der Waals surface area contributed by atoms with E-state index in [9.17, 15) is 26.3 Å². The average Bonchev–Trinajstić information content (AvgIpc) is 3.23. The third kappa shape index (κ3) is 2.13. The largest absolute Gasteiger partial charge is 0.380 e. The van der Waals surface area contributed by atoms with Crippen molar-refractivity contribution in [1.82, 2.24) is 4.90 Å². The SMILES string of the molecule is CC1=CN2C(=C3C(=C4C=C(c5ccccc5)SC42C)C(F)(F)C(F)(F)C3(F)F)S1. The van der Waals surface area contributed by atoms with E-state index in [4.69, 9.17) is 0 Å². The summed E-state index contributed by atoms with van der Waals surface area (Å²) >= 11 is 2.02. The van der Waals surface area contributed by atoms with Crippen LogP contribution in [0.5, 0.6) is 0 Å². The first-order chi connectivity index (χ1) is 13.4. The van der Waals surface area contributed by atoms with Crippen molar-refractivity contribution in [3.8, 4) is 0 Å². The maximum absolute atomic E-state index is 14.8. The summed E-state index contributed by atoms with van der Waals surface area (Å²) in [5.74, 6) is -15.5. The molecule has 0 aromatic heterocycles. The molecule has 1 nitrogen and oxygen atoms in total. The first kappa shape index (κ1) is 19.2. The minimum absolute atomic E-state index is 0.200. The minimum Gasteiger partial charge on any atom is -0.322 e. The van der Waals surface area contributed by atoms with Crippen LogP contribution in [-0.4, -0.2) is 27.5 Å². The van der Waals surface area contributed by atoms with Crippen molar-refractivity contribution >= 4 is 28.4 Å². The predicted molar refractivity (Wildman–Crippen MR) is 102 cm³/mol. The van der Waals surface area contributed by atoms with Crippen molar-refractivity contribution in [3.05, 3.63) is 74.8 Å². The summed E-state index contributed by atoms with van der Waals surface area (Å²) in [5, 5.41) is -0.249. The number of fused-ring (bicyclic) bond motifs is 4. The molecule has 9 heteroatoms. The Morgan fingerprint density at radius 1 is 0.897 bits per heavy atom. The minimum atomic E-state index is -5.51. The number of hydrogen-bond acceptors (Lipinski definition) is 3. The Morgan fingerprint density at radius 3 is 2.17 bits per heavy atom. The van der Waals surface area contributed by atoms with E-state index in [1.165, 1.54) is 22.7 Å². The standard InChI is InChI=1S/C20H13F6NS2/c1-10-9-27-16(28-10)15-14(18(21,22)20(25,26)19(15,23)24)12-8-13(29-17(12,27)2)11-6-4-3-5-7-11/h3-9H,1-2H3. The topological polar surface area (TPSA) is 3.24 Å². The monoisotopic (exact) mass is 445 g/mol. The maximum atomic E-state index is 14.8. The number of thioether (sulfide) groups is 2. The molecule has 1 atom stereocenters. The molecule has 1 saturated carbocycles. The Labute approximate surface area is 171 Å². The fraction of sp³-hybridized carbons (Fsp3) is 0.300. The van der Waals surface area contributed by atoms with E-state index in [2.05, 4.69) is 0 Å². The second kappa shape index (κ2) is 5.49. The van der Waals surface area contributed by atoms with Crippen molar-refractivity contribution in [2.45, 2.75) is 36.5 Å². The number of allylic oxidation sites excluding steroid dienone is 3. The van der Waals surface area contributed by atoms with E-state index >= 15 is 0 Å². The predicted octanol–water partition coefficient (Wildman–Crippen LogP) is 6.84. The summed E-state index contributed by atoms with van der Waals surface area (Å²) in [6.07, 6.45) is 2.91. The summed E-state index contributed by atoms with van der Waals surface area (Å²) in [5.41, 5.74) is -2.00. The van der Waals surface area contributed by atoms with Gasteiger partial charge in [-0.1, -0.05) is 53.9 Å². The average molecular weight is 445 g/mol. The Kier molecular flexibility index (Phi) is 3.64. The lowest BCUT2D eigenvalue weighted by atomic mass is 9.90. The normalized spacial score (nSPS) is 30.8. The van der Waals surface area contributed by atoms with E-state index in [1.54, 1.807) is 50.4 Å². The van der Waals surface area contributed by atoms with Crippen LogP contribution in [0.1, 0.15) is 19.4 Å². The van der Waals surface area contributed by atoms with Crippen LogP contribution in [0.4, 0.5) is 26.3 Å². The molecule has 29 heavy (non-hydrogen) atoms. The Balaban J connectivity index is 1.84. The van der Waals surface area contributed by atoms with Gasteiger partial charge in [0.05, 0.1) is 10.6 Å².